The summed E-state index contributed by atoms with van der Waals surface area (Å²) in [5, 5.41) is 11.1. The van der Waals surface area contributed by atoms with Gasteiger partial charge in [-0.3, -0.25) is 0 Å². The second-order valence-electron chi connectivity index (χ2n) is 3.15. The third kappa shape index (κ3) is 1.28. The minimum absolute atomic E-state index is 0.512. The summed E-state index contributed by atoms with van der Waals surface area (Å²) >= 11 is 3.05. The minimum atomic E-state index is -0.797. The second kappa shape index (κ2) is 3.40. The molecule has 0 aromatic carbocycles. The van der Waals surface area contributed by atoms with Gasteiger partial charge in [0.2, 0.25) is 0 Å². The van der Waals surface area contributed by atoms with Crippen molar-refractivity contribution in [2.45, 2.75) is 13.3 Å². The topological polar surface area (TPSA) is 37.3 Å². The van der Waals surface area contributed by atoms with Crippen LogP contribution < -0.4 is 5.46 Å². The Bertz CT molecular complexity index is 498. The summed E-state index contributed by atoms with van der Waals surface area (Å²) in [5.41, 5.74) is 2.19. The summed E-state index contributed by atoms with van der Waals surface area (Å²) < 4.78 is 2.30. The molecule has 0 aliphatic heterocycles. The Labute approximate surface area is 90.6 Å². The maximum atomic E-state index is 11.0. The molecule has 1 N–H and O–H groups in total. The second-order valence-corrected chi connectivity index (χ2v) is 5.05. The summed E-state index contributed by atoms with van der Waals surface area (Å²) in [6.45, 7) is 2.00. The van der Waals surface area contributed by atoms with E-state index in [0.29, 0.717) is 4.88 Å². The monoisotopic (exact) mass is 224 g/mol. The van der Waals surface area contributed by atoms with Crippen molar-refractivity contribution in [2.24, 2.45) is 0 Å². The van der Waals surface area contributed by atoms with E-state index in [9.17, 15) is 4.79 Å². The predicted molar refractivity (Wildman–Crippen MR) is 64.2 cm³/mol. The molecule has 0 spiro atoms. The number of aryl methyl sites for hydroxylation is 1. The van der Waals surface area contributed by atoms with Gasteiger partial charge in [0.15, 0.2) is 0 Å². The van der Waals surface area contributed by atoms with Crippen LogP contribution in [0.5, 0.6) is 0 Å². The van der Waals surface area contributed by atoms with E-state index in [1.807, 2.05) is 14.8 Å². The molecule has 0 amide bonds. The lowest BCUT2D eigenvalue weighted by Gasteiger charge is -1.93. The van der Waals surface area contributed by atoms with E-state index < -0.39 is 5.97 Å². The average Bonchev–Trinajstić information content (AvgIpc) is 2.66. The number of thiophene rings is 2. The van der Waals surface area contributed by atoms with E-state index in [0.717, 1.165) is 21.4 Å². The molecule has 0 radical (unpaired) electrons. The molecule has 0 saturated heterocycles. The predicted octanol–water partition coefficient (Wildman–Crippen LogP) is 1.48. The highest BCUT2D eigenvalue weighted by atomic mass is 32.1. The molecule has 5 heteroatoms. The lowest BCUT2D eigenvalue weighted by Crippen LogP contribution is -1.96. The van der Waals surface area contributed by atoms with Crippen LogP contribution in [0.15, 0.2) is 5.38 Å². The molecular formula is C9H9BO2S2. The van der Waals surface area contributed by atoms with Crippen LogP contribution in [0.25, 0.3) is 9.40 Å². The van der Waals surface area contributed by atoms with Crippen molar-refractivity contribution < 1.29 is 9.90 Å². The van der Waals surface area contributed by atoms with Crippen LogP contribution in [0.4, 0.5) is 0 Å². The number of aromatic carboxylic acids is 1. The fourth-order valence-electron chi connectivity index (χ4n) is 1.53. The fraction of sp³-hybridized carbons (Fsp3) is 0.222. The SMILES string of the molecule is Bc1csc2c(CC)c(C(=O)O)sc12. The van der Waals surface area contributed by atoms with Gasteiger partial charge >= 0.3 is 5.97 Å². The van der Waals surface area contributed by atoms with Gasteiger partial charge < -0.3 is 5.11 Å². The number of carboxylic acid groups (broad SMARTS) is 1. The molecule has 72 valence electrons. The maximum Gasteiger partial charge on any atom is 0.346 e. The molecule has 0 aliphatic carbocycles. The fourth-order valence-corrected chi connectivity index (χ4v) is 4.10. The Morgan fingerprint density at radius 3 is 2.86 bits per heavy atom. The molecule has 2 heterocycles. The van der Waals surface area contributed by atoms with Crippen molar-refractivity contribution in [1.82, 2.24) is 0 Å². The van der Waals surface area contributed by atoms with Gasteiger partial charge in [-0.25, -0.2) is 4.79 Å². The molecule has 2 rings (SSSR count). The maximum absolute atomic E-state index is 11.0. The van der Waals surface area contributed by atoms with Gasteiger partial charge in [0, 0.05) is 9.40 Å². The molecular weight excluding hydrogens is 215 g/mol. The van der Waals surface area contributed by atoms with E-state index in [1.165, 1.54) is 16.8 Å². The van der Waals surface area contributed by atoms with Crippen molar-refractivity contribution in [1.29, 1.82) is 0 Å². The first-order valence-corrected chi connectivity index (χ1v) is 6.07. The third-order valence-corrected chi connectivity index (χ3v) is 4.86. The van der Waals surface area contributed by atoms with E-state index in [1.54, 1.807) is 11.3 Å². The van der Waals surface area contributed by atoms with E-state index in [4.69, 9.17) is 5.11 Å². The number of fused-ring (bicyclic) bond motifs is 1. The zero-order valence-corrected chi connectivity index (χ0v) is 9.59. The molecule has 2 nitrogen and oxygen atoms in total. The minimum Gasteiger partial charge on any atom is -0.477 e. The number of carbonyl (C=O) groups is 1. The first-order chi connectivity index (χ1) is 6.65. The quantitative estimate of drug-likeness (QED) is 0.784. The Morgan fingerprint density at radius 2 is 2.29 bits per heavy atom. The van der Waals surface area contributed by atoms with Crippen LogP contribution in [0.1, 0.15) is 22.2 Å². The van der Waals surface area contributed by atoms with Crippen LogP contribution in [0.2, 0.25) is 0 Å². The van der Waals surface area contributed by atoms with Crippen molar-refractivity contribution in [3.8, 4) is 0 Å². The molecule has 2 aromatic rings. The van der Waals surface area contributed by atoms with Gasteiger partial charge in [-0.1, -0.05) is 12.4 Å². The number of hydrogen-bond acceptors (Lipinski definition) is 3. The summed E-state index contributed by atoms with van der Waals surface area (Å²) in [6.07, 6.45) is 0.793. The van der Waals surface area contributed by atoms with Crippen LogP contribution >= 0.6 is 22.7 Å². The standard InChI is InChI=1S/C9H9BO2S2/c1-2-4-6-8(5(10)3-13-6)14-7(4)9(11)12/h3H,2,10H2,1H3,(H,11,12). The van der Waals surface area contributed by atoms with Crippen LogP contribution in [0.3, 0.4) is 0 Å². The molecule has 0 bridgehead atoms. The summed E-state index contributed by atoms with van der Waals surface area (Å²) in [5.74, 6) is -0.797. The lowest BCUT2D eigenvalue weighted by atomic mass is 10.00. The van der Waals surface area contributed by atoms with Crippen LogP contribution in [-0.2, 0) is 6.42 Å². The lowest BCUT2D eigenvalue weighted by molar-refractivity contribution is 0.0701. The van der Waals surface area contributed by atoms with Crippen molar-refractivity contribution in [3.63, 3.8) is 0 Å². The third-order valence-electron chi connectivity index (χ3n) is 2.22. The molecule has 2 aromatic heterocycles. The van der Waals surface area contributed by atoms with E-state index in [2.05, 4.69) is 5.38 Å². The highest BCUT2D eigenvalue weighted by Gasteiger charge is 2.18. The average molecular weight is 224 g/mol. The van der Waals surface area contributed by atoms with Crippen molar-refractivity contribution >= 4 is 51.4 Å². The van der Waals surface area contributed by atoms with Crippen molar-refractivity contribution in [2.75, 3.05) is 0 Å². The molecule has 0 atom stereocenters. The Balaban J connectivity index is 2.78. The van der Waals surface area contributed by atoms with Gasteiger partial charge in [-0.15, -0.1) is 22.7 Å². The smallest absolute Gasteiger partial charge is 0.346 e. The Kier molecular flexibility index (Phi) is 2.37. The molecule has 0 aliphatic rings. The molecule has 0 saturated carbocycles. The van der Waals surface area contributed by atoms with Crippen LogP contribution in [-0.4, -0.2) is 18.9 Å². The van der Waals surface area contributed by atoms with Gasteiger partial charge in [-0.05, 0) is 17.4 Å². The van der Waals surface area contributed by atoms with Gasteiger partial charge in [0.25, 0.3) is 0 Å². The molecule has 14 heavy (non-hydrogen) atoms. The zero-order chi connectivity index (χ0) is 10.3. The first-order valence-electron chi connectivity index (χ1n) is 4.38. The van der Waals surface area contributed by atoms with Gasteiger partial charge in [-0.2, -0.15) is 0 Å². The highest BCUT2D eigenvalue weighted by molar-refractivity contribution is 7.29. The first kappa shape index (κ1) is 9.74. The van der Waals surface area contributed by atoms with Crippen LogP contribution in [0, 0.1) is 0 Å². The largest absolute Gasteiger partial charge is 0.477 e. The summed E-state index contributed by atoms with van der Waals surface area (Å²) in [7, 11) is 2.03. The van der Waals surface area contributed by atoms with Crippen molar-refractivity contribution in [3.05, 3.63) is 15.8 Å². The molecule has 0 fully saturated rings. The number of hydrogen-bond donors (Lipinski definition) is 1. The Morgan fingerprint density at radius 1 is 1.57 bits per heavy atom. The van der Waals surface area contributed by atoms with Gasteiger partial charge in [0.05, 0.1) is 0 Å². The van der Waals surface area contributed by atoms with E-state index >= 15 is 0 Å². The summed E-state index contributed by atoms with van der Waals surface area (Å²) in [4.78, 5) is 11.5. The highest BCUT2D eigenvalue weighted by Crippen LogP contribution is 2.34. The zero-order valence-electron chi connectivity index (χ0n) is 7.96. The number of carboxylic acids is 1. The number of rotatable bonds is 2. The normalized spacial score (nSPS) is 10.9. The van der Waals surface area contributed by atoms with Gasteiger partial charge in [0.1, 0.15) is 12.7 Å². The summed E-state index contributed by atoms with van der Waals surface area (Å²) in [6, 6.07) is 0. The Hall–Kier alpha value is -0.805. The van der Waals surface area contributed by atoms with E-state index in [-0.39, 0.29) is 0 Å². The molecule has 0 unspecified atom stereocenters.